The molecular weight excluding hydrogens is 214 g/mol. The third kappa shape index (κ3) is 6.61. The summed E-state index contributed by atoms with van der Waals surface area (Å²) in [5.74, 6) is 1.02. The maximum atomic E-state index is 11.3. The molecular formula is C14H21NO2. The van der Waals surface area contributed by atoms with Crippen molar-refractivity contribution < 1.29 is 9.53 Å². The van der Waals surface area contributed by atoms with E-state index in [2.05, 4.69) is 12.2 Å². The molecule has 0 aliphatic rings. The lowest BCUT2D eigenvalue weighted by atomic mass is 10.2. The minimum atomic E-state index is 0.145. The molecule has 3 heteroatoms. The summed E-state index contributed by atoms with van der Waals surface area (Å²) in [5, 5.41) is 2.88. The number of carbonyl (C=O) groups is 1. The number of hydrogen-bond donors (Lipinski definition) is 1. The van der Waals surface area contributed by atoms with Crippen LogP contribution >= 0.6 is 0 Å². The van der Waals surface area contributed by atoms with Crippen LogP contribution in [0.5, 0.6) is 5.75 Å². The van der Waals surface area contributed by atoms with Crippen molar-refractivity contribution in [1.82, 2.24) is 5.32 Å². The predicted octanol–water partition coefficient (Wildman–Crippen LogP) is 2.76. The van der Waals surface area contributed by atoms with Gasteiger partial charge in [-0.3, -0.25) is 4.79 Å². The number of ether oxygens (including phenoxy) is 1. The number of nitrogens with one attached hydrogen (secondary N) is 1. The first-order valence-electron chi connectivity index (χ1n) is 6.27. The van der Waals surface area contributed by atoms with Crippen molar-refractivity contribution in [3.05, 3.63) is 30.3 Å². The van der Waals surface area contributed by atoms with Gasteiger partial charge in [-0.05, 0) is 25.0 Å². The molecule has 0 aromatic heterocycles. The molecule has 1 aromatic carbocycles. The van der Waals surface area contributed by atoms with Crippen LogP contribution in [0.4, 0.5) is 0 Å². The van der Waals surface area contributed by atoms with Crippen LogP contribution in [0.1, 0.15) is 32.6 Å². The highest BCUT2D eigenvalue weighted by atomic mass is 16.5. The average molecular weight is 235 g/mol. The standard InChI is InChI=1S/C14H21NO2/c1-2-3-10-14(16)15-11-7-12-17-13-8-5-4-6-9-13/h4-6,8-9H,2-3,7,10-12H2,1H3,(H,15,16). The first-order chi connectivity index (χ1) is 8.33. The SMILES string of the molecule is CCCCC(=O)NCCCOc1ccccc1. The molecule has 3 nitrogen and oxygen atoms in total. The van der Waals surface area contributed by atoms with Crippen LogP contribution in [0.25, 0.3) is 0 Å². The van der Waals surface area contributed by atoms with Crippen LogP contribution < -0.4 is 10.1 Å². The number of rotatable bonds is 8. The van der Waals surface area contributed by atoms with E-state index in [0.717, 1.165) is 25.0 Å². The largest absolute Gasteiger partial charge is 0.494 e. The van der Waals surface area contributed by atoms with Crippen LogP contribution in [0.2, 0.25) is 0 Å². The fourth-order valence-corrected chi connectivity index (χ4v) is 1.43. The summed E-state index contributed by atoms with van der Waals surface area (Å²) in [7, 11) is 0. The third-order valence-electron chi connectivity index (χ3n) is 2.41. The molecule has 0 radical (unpaired) electrons. The Morgan fingerprint density at radius 2 is 2.00 bits per heavy atom. The normalized spacial score (nSPS) is 9.94. The van der Waals surface area contributed by atoms with Gasteiger partial charge in [-0.2, -0.15) is 0 Å². The van der Waals surface area contributed by atoms with Crippen molar-refractivity contribution in [3.63, 3.8) is 0 Å². The molecule has 1 rings (SSSR count). The van der Waals surface area contributed by atoms with E-state index in [-0.39, 0.29) is 5.91 Å². The van der Waals surface area contributed by atoms with E-state index in [1.807, 2.05) is 30.3 Å². The second kappa shape index (κ2) is 8.62. The Kier molecular flexibility index (Phi) is 6.87. The van der Waals surface area contributed by atoms with E-state index >= 15 is 0 Å². The number of unbranched alkanes of at least 4 members (excludes halogenated alkanes) is 1. The van der Waals surface area contributed by atoms with Gasteiger partial charge in [0.05, 0.1) is 6.61 Å². The van der Waals surface area contributed by atoms with Crippen molar-refractivity contribution in [2.24, 2.45) is 0 Å². The molecule has 0 unspecified atom stereocenters. The molecule has 0 saturated carbocycles. The summed E-state index contributed by atoms with van der Waals surface area (Å²) in [5.41, 5.74) is 0. The summed E-state index contributed by atoms with van der Waals surface area (Å²) in [6, 6.07) is 9.71. The van der Waals surface area contributed by atoms with Gasteiger partial charge in [0.15, 0.2) is 0 Å². The zero-order chi connectivity index (χ0) is 12.3. The van der Waals surface area contributed by atoms with Crippen LogP contribution in [0, 0.1) is 0 Å². The first kappa shape index (κ1) is 13.6. The van der Waals surface area contributed by atoms with Crippen molar-refractivity contribution in [2.75, 3.05) is 13.2 Å². The Balaban J connectivity index is 1.99. The van der Waals surface area contributed by atoms with Gasteiger partial charge in [0.2, 0.25) is 5.91 Å². The summed E-state index contributed by atoms with van der Waals surface area (Å²) in [4.78, 5) is 11.3. The van der Waals surface area contributed by atoms with Gasteiger partial charge in [0.25, 0.3) is 0 Å². The monoisotopic (exact) mass is 235 g/mol. The Bertz CT molecular complexity index is 311. The topological polar surface area (TPSA) is 38.3 Å². The van der Waals surface area contributed by atoms with Crippen molar-refractivity contribution in [3.8, 4) is 5.75 Å². The lowest BCUT2D eigenvalue weighted by Gasteiger charge is -2.07. The Hall–Kier alpha value is -1.51. The molecule has 1 amide bonds. The zero-order valence-corrected chi connectivity index (χ0v) is 10.4. The molecule has 0 saturated heterocycles. The molecule has 0 aliphatic carbocycles. The van der Waals surface area contributed by atoms with E-state index in [4.69, 9.17) is 4.74 Å². The lowest BCUT2D eigenvalue weighted by Crippen LogP contribution is -2.25. The van der Waals surface area contributed by atoms with E-state index in [1.54, 1.807) is 0 Å². The molecule has 0 fully saturated rings. The van der Waals surface area contributed by atoms with Crippen LogP contribution in [0.15, 0.2) is 30.3 Å². The van der Waals surface area contributed by atoms with Crippen molar-refractivity contribution in [2.45, 2.75) is 32.6 Å². The van der Waals surface area contributed by atoms with E-state index in [1.165, 1.54) is 0 Å². The number of carbonyl (C=O) groups excluding carboxylic acids is 1. The molecule has 1 N–H and O–H groups in total. The van der Waals surface area contributed by atoms with Gasteiger partial charge in [0, 0.05) is 13.0 Å². The number of hydrogen-bond acceptors (Lipinski definition) is 2. The summed E-state index contributed by atoms with van der Waals surface area (Å²) >= 11 is 0. The fraction of sp³-hybridized carbons (Fsp3) is 0.500. The Morgan fingerprint density at radius 1 is 1.24 bits per heavy atom. The summed E-state index contributed by atoms with van der Waals surface area (Å²) < 4.78 is 5.52. The number of para-hydroxylation sites is 1. The predicted molar refractivity (Wildman–Crippen MR) is 69.1 cm³/mol. The van der Waals surface area contributed by atoms with Crippen LogP contribution in [-0.4, -0.2) is 19.1 Å². The highest BCUT2D eigenvalue weighted by Gasteiger charge is 1.98. The van der Waals surface area contributed by atoms with Crippen LogP contribution in [-0.2, 0) is 4.79 Å². The quantitative estimate of drug-likeness (QED) is 0.704. The average Bonchev–Trinajstić information content (AvgIpc) is 2.37. The van der Waals surface area contributed by atoms with Crippen molar-refractivity contribution in [1.29, 1.82) is 0 Å². The molecule has 1 aromatic rings. The summed E-state index contributed by atoms with van der Waals surface area (Å²) in [6.45, 7) is 3.41. The number of benzene rings is 1. The maximum Gasteiger partial charge on any atom is 0.219 e. The van der Waals surface area contributed by atoms with E-state index < -0.39 is 0 Å². The van der Waals surface area contributed by atoms with Gasteiger partial charge in [-0.1, -0.05) is 31.5 Å². The minimum Gasteiger partial charge on any atom is -0.494 e. The molecule has 0 aliphatic heterocycles. The van der Waals surface area contributed by atoms with E-state index in [9.17, 15) is 4.79 Å². The van der Waals surface area contributed by atoms with Gasteiger partial charge < -0.3 is 10.1 Å². The van der Waals surface area contributed by atoms with Gasteiger partial charge in [-0.25, -0.2) is 0 Å². The van der Waals surface area contributed by atoms with Crippen LogP contribution in [0.3, 0.4) is 0 Å². The second-order valence-electron chi connectivity index (χ2n) is 3.97. The Morgan fingerprint density at radius 3 is 2.71 bits per heavy atom. The lowest BCUT2D eigenvalue weighted by molar-refractivity contribution is -0.121. The molecule has 0 atom stereocenters. The second-order valence-corrected chi connectivity index (χ2v) is 3.97. The number of amides is 1. The van der Waals surface area contributed by atoms with Crippen molar-refractivity contribution >= 4 is 5.91 Å². The third-order valence-corrected chi connectivity index (χ3v) is 2.41. The van der Waals surface area contributed by atoms with E-state index in [0.29, 0.717) is 19.6 Å². The van der Waals surface area contributed by atoms with Gasteiger partial charge in [-0.15, -0.1) is 0 Å². The van der Waals surface area contributed by atoms with Gasteiger partial charge >= 0.3 is 0 Å². The molecule has 94 valence electrons. The zero-order valence-electron chi connectivity index (χ0n) is 10.4. The molecule has 0 heterocycles. The minimum absolute atomic E-state index is 0.145. The van der Waals surface area contributed by atoms with Gasteiger partial charge in [0.1, 0.15) is 5.75 Å². The molecule has 0 bridgehead atoms. The Labute approximate surface area is 103 Å². The maximum absolute atomic E-state index is 11.3. The fourth-order valence-electron chi connectivity index (χ4n) is 1.43. The highest BCUT2D eigenvalue weighted by Crippen LogP contribution is 2.07. The molecule has 0 spiro atoms. The summed E-state index contributed by atoms with van der Waals surface area (Å²) in [6.07, 6.45) is 3.50. The molecule has 17 heavy (non-hydrogen) atoms. The highest BCUT2D eigenvalue weighted by molar-refractivity contribution is 5.75. The smallest absolute Gasteiger partial charge is 0.219 e. The first-order valence-corrected chi connectivity index (χ1v) is 6.27.